The maximum atomic E-state index is 14.3. The molecule has 0 atom stereocenters. The van der Waals surface area contributed by atoms with Crippen molar-refractivity contribution in [2.75, 3.05) is 25.5 Å². The fourth-order valence-electron chi connectivity index (χ4n) is 7.51. The largest absolute Gasteiger partial charge is 0.497 e. The molecule has 1 aromatic carbocycles. The minimum Gasteiger partial charge on any atom is -0.497 e. The van der Waals surface area contributed by atoms with E-state index in [2.05, 4.69) is 20.2 Å². The summed E-state index contributed by atoms with van der Waals surface area (Å²) in [6, 6.07) is 4.95. The van der Waals surface area contributed by atoms with Crippen LogP contribution < -0.4 is 10.1 Å². The van der Waals surface area contributed by atoms with Crippen LogP contribution in [0.3, 0.4) is 0 Å². The zero-order valence-corrected chi connectivity index (χ0v) is 18.9. The van der Waals surface area contributed by atoms with Crippen LogP contribution in [0.15, 0.2) is 24.5 Å². The third-order valence-corrected chi connectivity index (χ3v) is 8.53. The van der Waals surface area contributed by atoms with Gasteiger partial charge in [0.2, 0.25) is 0 Å². The van der Waals surface area contributed by atoms with Gasteiger partial charge in [-0.1, -0.05) is 0 Å². The molecule has 1 aromatic heterocycles. The minimum atomic E-state index is -0.183. The number of aromatic nitrogens is 2. The molecule has 170 valence electrons. The molecule has 1 N–H and O–H groups in total. The molecule has 0 saturated heterocycles. The van der Waals surface area contributed by atoms with Crippen LogP contribution in [-0.2, 0) is 19.5 Å². The molecule has 32 heavy (non-hydrogen) atoms. The summed E-state index contributed by atoms with van der Waals surface area (Å²) in [5.74, 6) is 4.43. The van der Waals surface area contributed by atoms with Crippen LogP contribution in [0.1, 0.15) is 55.3 Å². The maximum absolute atomic E-state index is 14.3. The summed E-state index contributed by atoms with van der Waals surface area (Å²) in [6.45, 7) is 3.21. The maximum Gasteiger partial charge on any atom is 0.132 e. The molecule has 0 radical (unpaired) electrons. The second kappa shape index (κ2) is 7.98. The van der Waals surface area contributed by atoms with Gasteiger partial charge in [-0.15, -0.1) is 0 Å². The Labute approximate surface area is 189 Å². The number of rotatable bonds is 6. The molecule has 7 rings (SSSR count). The van der Waals surface area contributed by atoms with Crippen molar-refractivity contribution in [3.05, 3.63) is 47.2 Å². The molecule has 4 aliphatic carbocycles. The van der Waals surface area contributed by atoms with Gasteiger partial charge in [0.25, 0.3) is 0 Å². The van der Waals surface area contributed by atoms with E-state index in [0.29, 0.717) is 23.3 Å². The van der Waals surface area contributed by atoms with E-state index in [1.165, 1.54) is 50.2 Å². The molecule has 4 fully saturated rings. The van der Waals surface area contributed by atoms with E-state index < -0.39 is 0 Å². The number of anilines is 1. The molecule has 2 heterocycles. The fourth-order valence-corrected chi connectivity index (χ4v) is 7.51. The Morgan fingerprint density at radius 2 is 1.88 bits per heavy atom. The summed E-state index contributed by atoms with van der Waals surface area (Å²) in [6.07, 6.45) is 11.2. The lowest BCUT2D eigenvalue weighted by molar-refractivity contribution is -0.0444. The molecular formula is C26H33FN4O. The summed E-state index contributed by atoms with van der Waals surface area (Å²) in [4.78, 5) is 11.5. The van der Waals surface area contributed by atoms with Gasteiger partial charge in [0.15, 0.2) is 0 Å². The van der Waals surface area contributed by atoms with Gasteiger partial charge in [0, 0.05) is 37.3 Å². The van der Waals surface area contributed by atoms with Crippen LogP contribution in [0.2, 0.25) is 0 Å². The van der Waals surface area contributed by atoms with Crippen LogP contribution in [-0.4, -0.2) is 35.1 Å². The Balaban J connectivity index is 1.14. The smallest absolute Gasteiger partial charge is 0.132 e. The van der Waals surface area contributed by atoms with Crippen LogP contribution in [0.25, 0.3) is 0 Å². The third-order valence-electron chi connectivity index (χ3n) is 8.53. The highest BCUT2D eigenvalue weighted by atomic mass is 19.1. The summed E-state index contributed by atoms with van der Waals surface area (Å²) >= 11 is 0. The van der Waals surface area contributed by atoms with Crippen molar-refractivity contribution in [1.29, 1.82) is 0 Å². The van der Waals surface area contributed by atoms with Gasteiger partial charge >= 0.3 is 0 Å². The first-order chi connectivity index (χ1) is 15.6. The summed E-state index contributed by atoms with van der Waals surface area (Å²) < 4.78 is 19.6. The predicted octanol–water partition coefficient (Wildman–Crippen LogP) is 4.81. The first-order valence-corrected chi connectivity index (χ1v) is 12.2. The van der Waals surface area contributed by atoms with Crippen molar-refractivity contribution in [2.45, 2.75) is 58.0 Å². The van der Waals surface area contributed by atoms with Gasteiger partial charge in [-0.3, -0.25) is 4.90 Å². The van der Waals surface area contributed by atoms with E-state index in [1.807, 2.05) is 0 Å². The monoisotopic (exact) mass is 436 g/mol. The van der Waals surface area contributed by atoms with Crippen LogP contribution in [0.5, 0.6) is 5.75 Å². The number of ether oxygens (including phenoxy) is 1. The van der Waals surface area contributed by atoms with E-state index in [9.17, 15) is 4.39 Å². The van der Waals surface area contributed by atoms with E-state index in [4.69, 9.17) is 4.74 Å². The van der Waals surface area contributed by atoms with Crippen molar-refractivity contribution in [3.63, 3.8) is 0 Å². The molecular weight excluding hydrogens is 403 g/mol. The van der Waals surface area contributed by atoms with E-state index in [0.717, 1.165) is 55.3 Å². The van der Waals surface area contributed by atoms with Crippen molar-refractivity contribution < 1.29 is 9.13 Å². The van der Waals surface area contributed by atoms with E-state index >= 15 is 0 Å². The van der Waals surface area contributed by atoms with E-state index in [-0.39, 0.29) is 5.82 Å². The highest BCUT2D eigenvalue weighted by Crippen LogP contribution is 2.59. The predicted molar refractivity (Wildman–Crippen MR) is 122 cm³/mol. The number of hydrogen-bond donors (Lipinski definition) is 1. The Bertz CT molecular complexity index is 974. The van der Waals surface area contributed by atoms with Gasteiger partial charge in [0.05, 0.1) is 12.8 Å². The van der Waals surface area contributed by atoms with Gasteiger partial charge in [0.1, 0.15) is 23.7 Å². The molecule has 0 unspecified atom stereocenters. The zero-order chi connectivity index (χ0) is 21.7. The minimum absolute atomic E-state index is 0.183. The van der Waals surface area contributed by atoms with E-state index in [1.54, 1.807) is 25.6 Å². The molecule has 0 amide bonds. The molecule has 5 nitrogen and oxygen atoms in total. The van der Waals surface area contributed by atoms with Crippen LogP contribution in [0, 0.1) is 29.0 Å². The summed E-state index contributed by atoms with van der Waals surface area (Å²) in [5, 5.41) is 3.77. The standard InChI is InChI=1S/C26H33FN4O/c1-32-21-2-3-23(27)20(9-21)13-31-5-4-22-24(14-31)29-16-30-25(22)28-15-26-10-17-6-18(11-26)8-19(7-17)12-26/h2-3,9,16-19H,4-8,10-15H2,1H3,(H,28,29,30). The van der Waals surface area contributed by atoms with Crippen molar-refractivity contribution in [3.8, 4) is 5.75 Å². The fraction of sp³-hybridized carbons (Fsp3) is 0.615. The van der Waals surface area contributed by atoms with Gasteiger partial charge in [-0.25, -0.2) is 14.4 Å². The SMILES string of the molecule is COc1ccc(F)c(CN2CCc3c(ncnc3NCC34CC5CC(CC(C5)C3)C4)C2)c1. The van der Waals surface area contributed by atoms with Gasteiger partial charge in [-0.2, -0.15) is 0 Å². The number of methoxy groups -OCH3 is 1. The Morgan fingerprint density at radius 1 is 1.12 bits per heavy atom. The van der Waals surface area contributed by atoms with Gasteiger partial charge < -0.3 is 10.1 Å². The quantitative estimate of drug-likeness (QED) is 0.704. The third kappa shape index (κ3) is 3.76. The number of hydrogen-bond acceptors (Lipinski definition) is 5. The summed E-state index contributed by atoms with van der Waals surface area (Å²) in [5.41, 5.74) is 3.47. The second-order valence-corrected chi connectivity index (χ2v) is 10.8. The lowest BCUT2D eigenvalue weighted by atomic mass is 9.49. The Hall–Kier alpha value is -2.21. The molecule has 4 bridgehead atoms. The highest BCUT2D eigenvalue weighted by Gasteiger charge is 2.50. The zero-order valence-electron chi connectivity index (χ0n) is 18.9. The van der Waals surface area contributed by atoms with Crippen LogP contribution in [0.4, 0.5) is 10.2 Å². The Kier molecular flexibility index (Phi) is 5.09. The first-order valence-electron chi connectivity index (χ1n) is 12.2. The van der Waals surface area contributed by atoms with Crippen LogP contribution >= 0.6 is 0 Å². The molecule has 5 aliphatic rings. The topological polar surface area (TPSA) is 50.3 Å². The molecule has 2 aromatic rings. The van der Waals surface area contributed by atoms with Crippen molar-refractivity contribution >= 4 is 5.82 Å². The Morgan fingerprint density at radius 3 is 2.59 bits per heavy atom. The first kappa shape index (κ1) is 20.4. The molecule has 1 aliphatic heterocycles. The number of halogens is 1. The molecule has 0 spiro atoms. The average Bonchev–Trinajstić information content (AvgIpc) is 2.78. The molecule has 6 heteroatoms. The summed E-state index contributed by atoms with van der Waals surface area (Å²) in [7, 11) is 1.61. The lowest BCUT2D eigenvalue weighted by Crippen LogP contribution is -2.49. The second-order valence-electron chi connectivity index (χ2n) is 10.8. The average molecular weight is 437 g/mol. The lowest BCUT2D eigenvalue weighted by Gasteiger charge is -2.57. The normalized spacial score (nSPS) is 30.9. The number of nitrogens with one attached hydrogen (secondary N) is 1. The number of nitrogens with zero attached hydrogens (tertiary/aromatic N) is 3. The molecule has 4 saturated carbocycles. The number of benzene rings is 1. The number of fused-ring (bicyclic) bond motifs is 1. The van der Waals surface area contributed by atoms with Crippen molar-refractivity contribution in [1.82, 2.24) is 14.9 Å². The van der Waals surface area contributed by atoms with Crippen molar-refractivity contribution in [2.24, 2.45) is 23.2 Å². The highest BCUT2D eigenvalue weighted by molar-refractivity contribution is 5.47. The van der Waals surface area contributed by atoms with Gasteiger partial charge in [-0.05, 0) is 86.3 Å².